The molecule has 2 heteroatoms. The van der Waals surface area contributed by atoms with Crippen LogP contribution in [0.15, 0.2) is 11.6 Å². The average Bonchev–Trinajstić information content (AvgIpc) is 2.40. The molecule has 5 unspecified atom stereocenters. The smallest absolute Gasteiger partial charge is 0.0605 e. The van der Waals surface area contributed by atoms with Gasteiger partial charge in [0.05, 0.1) is 12.2 Å². The molecule has 0 radical (unpaired) electrons. The van der Waals surface area contributed by atoms with Gasteiger partial charge in [0, 0.05) is 6.61 Å². The Morgan fingerprint density at radius 3 is 2.45 bits per heavy atom. The quantitative estimate of drug-likeness (QED) is 0.624. The molecule has 130 valence electrons. The molecule has 2 nitrogen and oxygen atoms in total. The summed E-state index contributed by atoms with van der Waals surface area (Å²) in [6.45, 7) is 14.2. The number of hydrogen-bond acceptors (Lipinski definition) is 2. The largest absolute Gasteiger partial charge is 0.393 e. The molecule has 1 aliphatic rings. The normalized spacial score (nSPS) is 30.4. The van der Waals surface area contributed by atoms with Crippen LogP contribution >= 0.6 is 0 Å². The standard InChI is InChI=1S/C20H38O2/c1-14(2)8-7-9-16(5)10-11-22-20-13-18(15(3)4)19(21)12-17(20)6/h8,15-21H,7,9-13H2,1-6H3. The van der Waals surface area contributed by atoms with E-state index in [9.17, 15) is 5.11 Å². The van der Waals surface area contributed by atoms with Crippen LogP contribution in [-0.2, 0) is 4.74 Å². The summed E-state index contributed by atoms with van der Waals surface area (Å²) in [5.41, 5.74) is 1.41. The molecular weight excluding hydrogens is 272 g/mol. The first kappa shape index (κ1) is 19.7. The van der Waals surface area contributed by atoms with Crippen LogP contribution in [0.4, 0.5) is 0 Å². The van der Waals surface area contributed by atoms with Crippen LogP contribution in [-0.4, -0.2) is 23.9 Å². The van der Waals surface area contributed by atoms with Crippen molar-refractivity contribution in [3.05, 3.63) is 11.6 Å². The van der Waals surface area contributed by atoms with Gasteiger partial charge in [-0.3, -0.25) is 0 Å². The van der Waals surface area contributed by atoms with Gasteiger partial charge in [-0.15, -0.1) is 0 Å². The highest BCUT2D eigenvalue weighted by Gasteiger charge is 2.35. The molecule has 5 atom stereocenters. The van der Waals surface area contributed by atoms with Crippen molar-refractivity contribution in [3.63, 3.8) is 0 Å². The van der Waals surface area contributed by atoms with Crippen molar-refractivity contribution in [2.75, 3.05) is 6.61 Å². The van der Waals surface area contributed by atoms with Gasteiger partial charge in [0.2, 0.25) is 0 Å². The van der Waals surface area contributed by atoms with Crippen LogP contribution in [0.3, 0.4) is 0 Å². The Kier molecular flexibility index (Phi) is 8.71. The zero-order valence-electron chi connectivity index (χ0n) is 15.6. The fourth-order valence-corrected chi connectivity index (χ4v) is 3.54. The van der Waals surface area contributed by atoms with Crippen molar-refractivity contribution in [3.8, 4) is 0 Å². The Balaban J connectivity index is 2.29. The number of aliphatic hydroxyl groups is 1. The molecule has 0 aromatic heterocycles. The van der Waals surface area contributed by atoms with Crippen molar-refractivity contribution in [2.45, 2.75) is 85.9 Å². The molecule has 0 amide bonds. The van der Waals surface area contributed by atoms with Crippen LogP contribution in [0.2, 0.25) is 0 Å². The summed E-state index contributed by atoms with van der Waals surface area (Å²) in [6.07, 6.45) is 8.02. The minimum absolute atomic E-state index is 0.141. The lowest BCUT2D eigenvalue weighted by molar-refractivity contribution is -0.0773. The Morgan fingerprint density at radius 1 is 1.18 bits per heavy atom. The van der Waals surface area contributed by atoms with Gasteiger partial charge in [0.25, 0.3) is 0 Å². The molecule has 1 fully saturated rings. The van der Waals surface area contributed by atoms with E-state index in [0.717, 1.165) is 31.8 Å². The molecule has 0 heterocycles. The lowest BCUT2D eigenvalue weighted by Crippen LogP contribution is -2.41. The second-order valence-electron chi connectivity index (χ2n) is 8.09. The molecule has 1 saturated carbocycles. The molecule has 0 saturated heterocycles. The fraction of sp³-hybridized carbons (Fsp3) is 0.900. The lowest BCUT2D eigenvalue weighted by Gasteiger charge is -2.39. The molecule has 0 aromatic carbocycles. The fourth-order valence-electron chi connectivity index (χ4n) is 3.54. The number of allylic oxidation sites excluding steroid dienone is 2. The van der Waals surface area contributed by atoms with Crippen LogP contribution in [0.25, 0.3) is 0 Å². The third-order valence-corrected chi connectivity index (χ3v) is 5.26. The molecule has 0 bridgehead atoms. The van der Waals surface area contributed by atoms with Gasteiger partial charge in [0.1, 0.15) is 0 Å². The van der Waals surface area contributed by atoms with E-state index < -0.39 is 0 Å². The van der Waals surface area contributed by atoms with E-state index in [0.29, 0.717) is 23.9 Å². The number of hydrogen-bond donors (Lipinski definition) is 1. The van der Waals surface area contributed by atoms with Gasteiger partial charge < -0.3 is 9.84 Å². The monoisotopic (exact) mass is 310 g/mol. The summed E-state index contributed by atoms with van der Waals surface area (Å²) in [5, 5.41) is 10.2. The molecule has 0 aromatic rings. The Bertz CT molecular complexity index is 331. The molecule has 0 spiro atoms. The van der Waals surface area contributed by atoms with Gasteiger partial charge >= 0.3 is 0 Å². The van der Waals surface area contributed by atoms with E-state index in [-0.39, 0.29) is 6.10 Å². The maximum absolute atomic E-state index is 10.2. The van der Waals surface area contributed by atoms with Crippen molar-refractivity contribution >= 4 is 0 Å². The highest BCUT2D eigenvalue weighted by molar-refractivity contribution is 4.92. The zero-order valence-corrected chi connectivity index (χ0v) is 15.6. The minimum atomic E-state index is -0.141. The maximum atomic E-state index is 10.2. The molecule has 1 rings (SSSR count). The van der Waals surface area contributed by atoms with Gasteiger partial charge in [-0.1, -0.05) is 39.3 Å². The molecule has 22 heavy (non-hydrogen) atoms. The minimum Gasteiger partial charge on any atom is -0.393 e. The number of rotatable bonds is 8. The maximum Gasteiger partial charge on any atom is 0.0605 e. The average molecular weight is 311 g/mol. The van der Waals surface area contributed by atoms with Crippen molar-refractivity contribution in [1.29, 1.82) is 0 Å². The molecule has 0 aliphatic heterocycles. The van der Waals surface area contributed by atoms with E-state index in [2.05, 4.69) is 47.6 Å². The van der Waals surface area contributed by atoms with E-state index in [4.69, 9.17) is 4.74 Å². The van der Waals surface area contributed by atoms with Gasteiger partial charge in [-0.05, 0) is 69.6 Å². The van der Waals surface area contributed by atoms with E-state index in [1.54, 1.807) is 0 Å². The Hall–Kier alpha value is -0.340. The van der Waals surface area contributed by atoms with Crippen LogP contribution < -0.4 is 0 Å². The van der Waals surface area contributed by atoms with Crippen molar-refractivity contribution in [1.82, 2.24) is 0 Å². The first-order valence-corrected chi connectivity index (χ1v) is 9.24. The van der Waals surface area contributed by atoms with E-state index in [1.165, 1.54) is 18.4 Å². The van der Waals surface area contributed by atoms with Crippen molar-refractivity contribution < 1.29 is 9.84 Å². The summed E-state index contributed by atoms with van der Waals surface area (Å²) >= 11 is 0. The number of aliphatic hydroxyl groups excluding tert-OH is 1. The van der Waals surface area contributed by atoms with Gasteiger partial charge in [0.15, 0.2) is 0 Å². The van der Waals surface area contributed by atoms with Crippen molar-refractivity contribution in [2.24, 2.45) is 23.7 Å². The summed E-state index contributed by atoms with van der Waals surface area (Å²) in [5.74, 6) is 2.14. The first-order valence-electron chi connectivity index (χ1n) is 9.24. The van der Waals surface area contributed by atoms with Crippen LogP contribution in [0.1, 0.15) is 73.6 Å². The molecular formula is C20H38O2. The SMILES string of the molecule is CC(C)=CCCC(C)CCOC1CC(C(C)C)C(O)CC1C. The van der Waals surface area contributed by atoms with Crippen LogP contribution in [0.5, 0.6) is 0 Å². The predicted molar refractivity (Wildman–Crippen MR) is 94.9 cm³/mol. The first-order chi connectivity index (χ1) is 10.3. The third-order valence-electron chi connectivity index (χ3n) is 5.26. The van der Waals surface area contributed by atoms with E-state index >= 15 is 0 Å². The second kappa shape index (κ2) is 9.72. The van der Waals surface area contributed by atoms with E-state index in [1.807, 2.05) is 0 Å². The molecule has 1 N–H and O–H groups in total. The highest BCUT2D eigenvalue weighted by Crippen LogP contribution is 2.35. The topological polar surface area (TPSA) is 29.5 Å². The summed E-state index contributed by atoms with van der Waals surface area (Å²) in [7, 11) is 0. The Labute approximate surface area is 138 Å². The van der Waals surface area contributed by atoms with Crippen LogP contribution in [0, 0.1) is 23.7 Å². The predicted octanol–water partition coefficient (Wildman–Crippen LogP) is 5.21. The third kappa shape index (κ3) is 6.83. The lowest BCUT2D eigenvalue weighted by atomic mass is 9.74. The zero-order chi connectivity index (χ0) is 16.7. The Morgan fingerprint density at radius 2 is 1.86 bits per heavy atom. The summed E-state index contributed by atoms with van der Waals surface area (Å²) in [6, 6.07) is 0. The van der Waals surface area contributed by atoms with Gasteiger partial charge in [-0.25, -0.2) is 0 Å². The summed E-state index contributed by atoms with van der Waals surface area (Å²) in [4.78, 5) is 0. The highest BCUT2D eigenvalue weighted by atomic mass is 16.5. The summed E-state index contributed by atoms with van der Waals surface area (Å²) < 4.78 is 6.20. The van der Waals surface area contributed by atoms with Gasteiger partial charge in [-0.2, -0.15) is 0 Å². The molecule has 1 aliphatic carbocycles. The number of ether oxygens (including phenoxy) is 1. The second-order valence-corrected chi connectivity index (χ2v) is 8.09.